The molecule has 0 atom stereocenters. The van der Waals surface area contributed by atoms with Gasteiger partial charge in [-0.2, -0.15) is 0 Å². The minimum absolute atomic E-state index is 0.523. The number of pyridine rings is 2. The van der Waals surface area contributed by atoms with Crippen LogP contribution in [0.15, 0.2) is 441 Å². The van der Waals surface area contributed by atoms with Crippen LogP contribution in [-0.4, -0.2) is 39.9 Å². The number of benzene rings is 18. The highest BCUT2D eigenvalue weighted by molar-refractivity contribution is 8.00. The molecule has 2 aliphatic heterocycles. The Labute approximate surface area is 754 Å². The topological polar surface area (TPSA) is 129 Å². The molecule has 0 radical (unpaired) electrons. The molecular formula is C118H68N8O2S2. The average Bonchev–Trinajstić information content (AvgIpc) is 1.49. The van der Waals surface area contributed by atoms with Crippen molar-refractivity contribution in [1.82, 2.24) is 39.9 Å². The van der Waals surface area contributed by atoms with E-state index in [2.05, 4.69) is 309 Å². The van der Waals surface area contributed by atoms with Crippen LogP contribution in [0.5, 0.6) is 0 Å². The highest BCUT2D eigenvalue weighted by Gasteiger charge is 2.53. The number of hydrogen-bond acceptors (Lipinski definition) is 12. The van der Waals surface area contributed by atoms with Crippen LogP contribution >= 0.6 is 23.5 Å². The summed E-state index contributed by atoms with van der Waals surface area (Å²) in [4.78, 5) is 47.3. The summed E-state index contributed by atoms with van der Waals surface area (Å²) in [5, 5.41) is 10.7. The molecule has 2 aliphatic carbocycles. The number of hydrogen-bond donors (Lipinski definition) is 0. The third kappa shape index (κ3) is 11.0. The number of aromatic nitrogens is 8. The molecule has 0 N–H and O–H groups in total. The van der Waals surface area contributed by atoms with Gasteiger partial charge < -0.3 is 8.83 Å². The number of nitrogens with zero attached hydrogens (tertiary/aromatic N) is 8. The number of rotatable bonds is 8. The normalized spacial score (nSPS) is 13.3. The second-order valence-electron chi connectivity index (χ2n) is 33.6. The molecule has 28 rings (SSSR count). The lowest BCUT2D eigenvalue weighted by Gasteiger charge is -2.40. The lowest BCUT2D eigenvalue weighted by atomic mass is 9.67. The van der Waals surface area contributed by atoms with Crippen LogP contribution in [0, 0.1) is 0 Å². The summed E-state index contributed by atoms with van der Waals surface area (Å²) >= 11 is 3.73. The van der Waals surface area contributed by atoms with Gasteiger partial charge in [-0.1, -0.05) is 363 Å². The maximum atomic E-state index is 6.53. The molecule has 6 aromatic heterocycles. The third-order valence-corrected chi connectivity index (χ3v) is 29.2. The molecule has 0 amide bonds. The van der Waals surface area contributed by atoms with Crippen LogP contribution in [0.3, 0.4) is 0 Å². The van der Waals surface area contributed by atoms with Crippen molar-refractivity contribution in [3.05, 3.63) is 457 Å². The molecule has 0 saturated carbocycles. The molecular weight excluding hydrogens is 1630 g/mol. The van der Waals surface area contributed by atoms with Gasteiger partial charge in [0.15, 0.2) is 34.9 Å². The molecule has 0 saturated heterocycles. The van der Waals surface area contributed by atoms with Crippen molar-refractivity contribution in [2.45, 2.75) is 30.4 Å². The van der Waals surface area contributed by atoms with E-state index in [0.717, 1.165) is 132 Å². The lowest BCUT2D eigenvalue weighted by molar-refractivity contribution is 0.669. The zero-order valence-electron chi connectivity index (χ0n) is 69.5. The molecule has 2 spiro atoms. The predicted molar refractivity (Wildman–Crippen MR) is 526 cm³/mol. The smallest absolute Gasteiger partial charge is 0.167 e. The highest BCUT2D eigenvalue weighted by Crippen LogP contribution is 2.66. The van der Waals surface area contributed by atoms with Gasteiger partial charge in [0.1, 0.15) is 22.3 Å². The van der Waals surface area contributed by atoms with E-state index < -0.39 is 10.8 Å². The molecule has 18 aromatic carbocycles. The third-order valence-electron chi connectivity index (χ3n) is 26.8. The van der Waals surface area contributed by atoms with E-state index in [-0.39, 0.29) is 0 Å². The maximum absolute atomic E-state index is 6.53. The summed E-state index contributed by atoms with van der Waals surface area (Å²) < 4.78 is 12.9. The Hall–Kier alpha value is -16.4. The van der Waals surface area contributed by atoms with E-state index in [4.69, 9.17) is 48.7 Å². The first-order valence-corrected chi connectivity index (χ1v) is 45.4. The van der Waals surface area contributed by atoms with Crippen LogP contribution in [-0.2, 0) is 10.8 Å². The van der Waals surface area contributed by atoms with Gasteiger partial charge in [0.2, 0.25) is 0 Å². The summed E-state index contributed by atoms with van der Waals surface area (Å²) in [5.74, 6) is 3.47. The summed E-state index contributed by atoms with van der Waals surface area (Å²) in [7, 11) is 0. The van der Waals surface area contributed by atoms with Crippen molar-refractivity contribution >= 4 is 111 Å². The predicted octanol–water partition coefficient (Wildman–Crippen LogP) is 29.9. The Morgan fingerprint density at radius 1 is 0.192 bits per heavy atom. The molecule has 0 bridgehead atoms. The fourth-order valence-corrected chi connectivity index (χ4v) is 24.0. The fraction of sp³-hybridized carbons (Fsp3) is 0.0169. The van der Waals surface area contributed by atoms with Gasteiger partial charge in [-0.3, -0.25) is 0 Å². The van der Waals surface area contributed by atoms with Gasteiger partial charge in [0, 0.05) is 112 Å². The van der Waals surface area contributed by atoms with Gasteiger partial charge in [-0.05, 0) is 140 Å². The van der Waals surface area contributed by atoms with Crippen molar-refractivity contribution in [1.29, 1.82) is 0 Å². The summed E-state index contributed by atoms with van der Waals surface area (Å²) in [5.41, 5.74) is 28.8. The number of para-hydroxylation sites is 3. The average molecular weight is 1690 g/mol. The Bertz CT molecular complexity index is 8810. The first-order chi connectivity index (χ1) is 64.4. The summed E-state index contributed by atoms with van der Waals surface area (Å²) in [6.45, 7) is 0. The van der Waals surface area contributed by atoms with Crippen LogP contribution in [0.1, 0.15) is 44.5 Å². The molecule has 12 heteroatoms. The summed E-state index contributed by atoms with van der Waals surface area (Å²) in [6.07, 6.45) is 0. The standard InChI is InChI=1S/2C59H34N4OS/c1-3-16-35(17-4-1)53-42-31-32-48-55(65-51-29-14-12-27-47(51)59(48)45-25-10-7-20-38(45)39-21-8-11-26-46(39)59)52(42)44-34-37(30-33-49(44)60-53)57-61-56(36-18-5-2-6-19-36)62-58(63-57)43-24-15-23-41-40-22-9-13-28-50(40)64-54(41)43;1-3-16-35(17-4-1)54-41-31-32-47-55(65-51-29-14-12-26-46(51)59(47)44-24-10-7-20-38(44)39-21-8-11-25-45(39)59)53(41)43-34-37(30-33-48(43)60-54)57-61-56(36-18-5-2-6-19-36)62-58(63-57)42-23-15-28-50-52(42)40-22-9-13-27-49(40)64-50/h2*1-34H. The van der Waals surface area contributed by atoms with Crippen molar-refractivity contribution in [3.8, 4) is 113 Å². The number of furan rings is 2. The van der Waals surface area contributed by atoms with E-state index in [9.17, 15) is 0 Å². The van der Waals surface area contributed by atoms with E-state index in [1.54, 1.807) is 0 Å². The van der Waals surface area contributed by atoms with Crippen LogP contribution in [0.25, 0.3) is 200 Å². The first-order valence-electron chi connectivity index (χ1n) is 43.8. The van der Waals surface area contributed by atoms with Crippen LogP contribution in [0.4, 0.5) is 0 Å². The molecule has 10 nitrogen and oxygen atoms in total. The summed E-state index contributed by atoms with van der Waals surface area (Å²) in [6, 6.07) is 146. The second kappa shape index (κ2) is 29.1. The molecule has 24 aromatic rings. The number of fused-ring (bicyclic) bond motifs is 32. The van der Waals surface area contributed by atoms with Crippen molar-refractivity contribution < 1.29 is 8.83 Å². The van der Waals surface area contributed by atoms with E-state index >= 15 is 0 Å². The quantitative estimate of drug-likeness (QED) is 0.134. The molecule has 0 fully saturated rings. The second-order valence-corrected chi connectivity index (χ2v) is 35.7. The molecule has 4 aliphatic rings. The largest absolute Gasteiger partial charge is 0.456 e. The van der Waals surface area contributed by atoms with E-state index in [1.807, 2.05) is 127 Å². The zero-order valence-corrected chi connectivity index (χ0v) is 71.1. The minimum Gasteiger partial charge on any atom is -0.456 e. The van der Waals surface area contributed by atoms with E-state index in [0.29, 0.717) is 34.9 Å². The highest BCUT2D eigenvalue weighted by atomic mass is 32.2. The van der Waals surface area contributed by atoms with Gasteiger partial charge >= 0.3 is 0 Å². The van der Waals surface area contributed by atoms with Gasteiger partial charge in [-0.15, -0.1) is 0 Å². The molecule has 604 valence electrons. The van der Waals surface area contributed by atoms with Gasteiger partial charge in [0.25, 0.3) is 0 Å². The SMILES string of the molecule is c1ccc(-c2nc(-c3ccc4nc(-c5ccccc5)c5ccc6c(c5c4c3)Sc3ccccc3C63c4ccccc4-c4ccccc43)nc(-c3cccc4c3oc3ccccc34)n2)cc1.c1ccc(-c2nc(-c3ccc4nc(-c5ccccc5)c5ccc6c(c5c4c3)Sc3ccccc3C63c4ccccc4-c4ccccc43)nc(-c3cccc4oc5ccccc5c34)n2)cc1. The Balaban J connectivity index is 0.000000134. The first kappa shape index (κ1) is 73.9. The maximum Gasteiger partial charge on any atom is 0.167 e. The van der Waals surface area contributed by atoms with Crippen molar-refractivity contribution in [3.63, 3.8) is 0 Å². The molecule has 0 unspecified atom stereocenters. The molecule has 130 heavy (non-hydrogen) atoms. The lowest BCUT2D eigenvalue weighted by Crippen LogP contribution is -2.32. The Morgan fingerprint density at radius 2 is 0.538 bits per heavy atom. The Morgan fingerprint density at radius 3 is 1.02 bits per heavy atom. The zero-order chi connectivity index (χ0) is 85.3. The molecule has 8 heterocycles. The monoisotopic (exact) mass is 1690 g/mol. The van der Waals surface area contributed by atoms with Gasteiger partial charge in [-0.25, -0.2) is 39.9 Å². The van der Waals surface area contributed by atoms with Gasteiger partial charge in [0.05, 0.1) is 38.8 Å². The van der Waals surface area contributed by atoms with Crippen LogP contribution in [0.2, 0.25) is 0 Å². The fourth-order valence-electron chi connectivity index (χ4n) is 21.3. The van der Waals surface area contributed by atoms with Crippen LogP contribution < -0.4 is 0 Å². The van der Waals surface area contributed by atoms with E-state index in [1.165, 1.54) is 97.1 Å². The van der Waals surface area contributed by atoms with Crippen molar-refractivity contribution in [2.75, 3.05) is 0 Å². The minimum atomic E-state index is -0.524. The van der Waals surface area contributed by atoms with Crippen molar-refractivity contribution in [2.24, 2.45) is 0 Å². The Kier molecular flexibility index (Phi) is 16.5.